The molecule has 0 unspecified atom stereocenters. The van der Waals surface area contributed by atoms with Crippen molar-refractivity contribution < 1.29 is 14.2 Å². The standard InChI is InChI=1S/C17H17FN4O2/c1-17(2,23)10-24-13-5-14(11-3-4-15(18)21-8-11)16(22-9-13)12(6-19)7-20/h3-6,8-9,19,22-23H,10H2,1-2H3/b16-12+,19-6?. The number of aromatic nitrogens is 1. The average Bonchev–Trinajstić information content (AvgIpc) is 2.55. The van der Waals surface area contributed by atoms with Gasteiger partial charge in [0.25, 0.3) is 0 Å². The number of nitrogens with one attached hydrogen (secondary N) is 2. The lowest BCUT2D eigenvalue weighted by atomic mass is 9.98. The average molecular weight is 328 g/mol. The molecule has 2 rings (SSSR count). The minimum absolute atomic E-state index is 0.0701. The Hall–Kier alpha value is -2.98. The van der Waals surface area contributed by atoms with Crippen molar-refractivity contribution in [3.63, 3.8) is 0 Å². The van der Waals surface area contributed by atoms with Gasteiger partial charge in [0.15, 0.2) is 0 Å². The zero-order chi connectivity index (χ0) is 17.7. The van der Waals surface area contributed by atoms with Crippen LogP contribution < -0.4 is 5.32 Å². The van der Waals surface area contributed by atoms with E-state index in [1.807, 2.05) is 6.07 Å². The van der Waals surface area contributed by atoms with Crippen LogP contribution in [0.3, 0.4) is 0 Å². The fraction of sp³-hybridized carbons (Fsp3) is 0.235. The summed E-state index contributed by atoms with van der Waals surface area (Å²) in [6, 6.07) is 4.66. The fourth-order valence-electron chi connectivity index (χ4n) is 1.97. The van der Waals surface area contributed by atoms with E-state index in [2.05, 4.69) is 10.3 Å². The van der Waals surface area contributed by atoms with Crippen molar-refractivity contribution >= 4 is 11.8 Å². The van der Waals surface area contributed by atoms with E-state index >= 15 is 0 Å². The number of nitriles is 1. The van der Waals surface area contributed by atoms with Crippen molar-refractivity contribution in [2.24, 2.45) is 0 Å². The molecule has 1 aromatic heterocycles. The first-order valence-corrected chi connectivity index (χ1v) is 7.15. The molecular formula is C17H17FN4O2. The molecule has 6 nitrogen and oxygen atoms in total. The Labute approximate surface area is 139 Å². The molecule has 2 heterocycles. The van der Waals surface area contributed by atoms with Crippen molar-refractivity contribution in [1.82, 2.24) is 10.3 Å². The predicted molar refractivity (Wildman–Crippen MR) is 87.1 cm³/mol. The first kappa shape index (κ1) is 17.4. The van der Waals surface area contributed by atoms with Gasteiger partial charge in [0, 0.05) is 29.7 Å². The number of dihydropyridines is 1. The Morgan fingerprint density at radius 3 is 2.83 bits per heavy atom. The third-order valence-corrected chi connectivity index (χ3v) is 3.08. The van der Waals surface area contributed by atoms with E-state index in [4.69, 9.17) is 10.1 Å². The van der Waals surface area contributed by atoms with Crippen LogP contribution in [0.25, 0.3) is 5.57 Å². The summed E-state index contributed by atoms with van der Waals surface area (Å²) in [7, 11) is 0. The number of hydrogen-bond donors (Lipinski definition) is 3. The second-order valence-electron chi connectivity index (χ2n) is 5.76. The monoisotopic (exact) mass is 328 g/mol. The molecule has 0 saturated carbocycles. The number of pyridine rings is 1. The third-order valence-electron chi connectivity index (χ3n) is 3.08. The first-order chi connectivity index (χ1) is 11.3. The van der Waals surface area contributed by atoms with E-state index in [1.165, 1.54) is 24.5 Å². The zero-order valence-corrected chi connectivity index (χ0v) is 13.3. The van der Waals surface area contributed by atoms with E-state index in [-0.39, 0.29) is 12.2 Å². The molecule has 124 valence electrons. The number of allylic oxidation sites excluding steroid dienone is 3. The van der Waals surface area contributed by atoms with Crippen LogP contribution in [-0.2, 0) is 4.74 Å². The highest BCUT2D eigenvalue weighted by Crippen LogP contribution is 2.28. The molecular weight excluding hydrogens is 311 g/mol. The molecule has 24 heavy (non-hydrogen) atoms. The highest BCUT2D eigenvalue weighted by Gasteiger charge is 2.20. The second kappa shape index (κ2) is 7.06. The van der Waals surface area contributed by atoms with Crippen LogP contribution in [0.5, 0.6) is 0 Å². The van der Waals surface area contributed by atoms with Crippen LogP contribution in [0.1, 0.15) is 19.4 Å². The van der Waals surface area contributed by atoms with Gasteiger partial charge in [-0.05, 0) is 32.1 Å². The van der Waals surface area contributed by atoms with Crippen LogP contribution in [0.2, 0.25) is 0 Å². The Morgan fingerprint density at radius 2 is 2.29 bits per heavy atom. The van der Waals surface area contributed by atoms with Gasteiger partial charge in [0.2, 0.25) is 5.95 Å². The number of nitrogens with zero attached hydrogens (tertiary/aromatic N) is 2. The summed E-state index contributed by atoms with van der Waals surface area (Å²) >= 11 is 0. The minimum Gasteiger partial charge on any atom is -0.489 e. The van der Waals surface area contributed by atoms with Crippen LogP contribution in [0, 0.1) is 22.7 Å². The first-order valence-electron chi connectivity index (χ1n) is 7.15. The van der Waals surface area contributed by atoms with E-state index in [1.54, 1.807) is 19.9 Å². The number of halogens is 1. The maximum Gasteiger partial charge on any atom is 0.212 e. The van der Waals surface area contributed by atoms with Crippen molar-refractivity contribution in [2.75, 3.05) is 6.61 Å². The number of aliphatic hydroxyl groups is 1. The van der Waals surface area contributed by atoms with Gasteiger partial charge in [0.1, 0.15) is 18.4 Å². The van der Waals surface area contributed by atoms with E-state index in [9.17, 15) is 14.8 Å². The van der Waals surface area contributed by atoms with Crippen molar-refractivity contribution in [2.45, 2.75) is 19.4 Å². The van der Waals surface area contributed by atoms with Gasteiger partial charge in [0.05, 0.1) is 16.9 Å². The molecule has 0 radical (unpaired) electrons. The summed E-state index contributed by atoms with van der Waals surface area (Å²) in [4.78, 5) is 3.61. The van der Waals surface area contributed by atoms with Crippen molar-refractivity contribution in [1.29, 1.82) is 10.7 Å². The Balaban J connectivity index is 2.43. The Kier molecular flexibility index (Phi) is 5.11. The molecule has 0 amide bonds. The summed E-state index contributed by atoms with van der Waals surface area (Å²) in [5.74, 6) is -0.183. The summed E-state index contributed by atoms with van der Waals surface area (Å²) in [6.45, 7) is 3.31. The van der Waals surface area contributed by atoms with Gasteiger partial charge in [-0.3, -0.25) is 0 Å². The van der Waals surface area contributed by atoms with Crippen LogP contribution in [-0.4, -0.2) is 28.5 Å². The molecule has 1 aliphatic heterocycles. The van der Waals surface area contributed by atoms with Crippen LogP contribution >= 0.6 is 0 Å². The predicted octanol–water partition coefficient (Wildman–Crippen LogP) is 2.26. The summed E-state index contributed by atoms with van der Waals surface area (Å²) < 4.78 is 18.6. The Bertz CT molecular complexity index is 765. The highest BCUT2D eigenvalue weighted by molar-refractivity contribution is 5.92. The third kappa shape index (κ3) is 4.27. The van der Waals surface area contributed by atoms with Gasteiger partial charge >= 0.3 is 0 Å². The fourth-order valence-corrected chi connectivity index (χ4v) is 1.97. The smallest absolute Gasteiger partial charge is 0.212 e. The Morgan fingerprint density at radius 1 is 1.54 bits per heavy atom. The van der Waals surface area contributed by atoms with Crippen molar-refractivity contribution in [3.8, 4) is 6.07 Å². The quantitative estimate of drug-likeness (QED) is 0.437. The largest absolute Gasteiger partial charge is 0.489 e. The SMILES string of the molecule is CC(C)(O)COC1=CN/C(=C(/C#N)C=N)C(c2ccc(F)nc2)=C1. The lowest BCUT2D eigenvalue weighted by molar-refractivity contribution is 0.00548. The maximum absolute atomic E-state index is 13.1. The molecule has 0 aromatic carbocycles. The van der Waals surface area contributed by atoms with Gasteiger partial charge in [-0.1, -0.05) is 0 Å². The molecule has 3 N–H and O–H groups in total. The van der Waals surface area contributed by atoms with Gasteiger partial charge in [-0.15, -0.1) is 0 Å². The minimum atomic E-state index is -1.00. The summed E-state index contributed by atoms with van der Waals surface area (Å²) in [5, 5.41) is 29.2. The molecule has 7 heteroatoms. The molecule has 1 aromatic rings. The molecule has 0 atom stereocenters. The van der Waals surface area contributed by atoms with Gasteiger partial charge < -0.3 is 20.6 Å². The van der Waals surface area contributed by atoms with E-state index in [0.29, 0.717) is 22.6 Å². The molecule has 0 fully saturated rings. The molecule has 0 bridgehead atoms. The summed E-state index contributed by atoms with van der Waals surface area (Å²) in [5.41, 5.74) is 0.608. The highest BCUT2D eigenvalue weighted by atomic mass is 19.1. The normalized spacial score (nSPS) is 16.3. The molecule has 0 aliphatic carbocycles. The maximum atomic E-state index is 13.1. The molecule has 0 spiro atoms. The van der Waals surface area contributed by atoms with Crippen molar-refractivity contribution in [3.05, 3.63) is 59.1 Å². The number of rotatable bonds is 5. The van der Waals surface area contributed by atoms with Gasteiger partial charge in [-0.25, -0.2) is 4.98 Å². The summed E-state index contributed by atoms with van der Waals surface area (Å²) in [6.07, 6.45) is 5.44. The van der Waals surface area contributed by atoms with E-state index in [0.717, 1.165) is 6.21 Å². The lowest BCUT2D eigenvalue weighted by Crippen LogP contribution is -2.26. The zero-order valence-electron chi connectivity index (χ0n) is 13.3. The van der Waals surface area contributed by atoms with Crippen LogP contribution in [0.15, 0.2) is 47.6 Å². The number of hydrogen-bond acceptors (Lipinski definition) is 6. The molecule has 1 aliphatic rings. The molecule has 0 saturated heterocycles. The lowest BCUT2D eigenvalue weighted by Gasteiger charge is -2.23. The number of ether oxygens (including phenoxy) is 1. The van der Waals surface area contributed by atoms with E-state index < -0.39 is 11.5 Å². The topological polar surface area (TPSA) is 102 Å². The van der Waals surface area contributed by atoms with Gasteiger partial charge in [-0.2, -0.15) is 9.65 Å². The van der Waals surface area contributed by atoms with Crippen LogP contribution in [0.4, 0.5) is 4.39 Å². The second-order valence-corrected chi connectivity index (χ2v) is 5.76.